The standard InChI is InChI=1S/C18H15F2O5PS/c1-27(23,24)13-5-2-11(3-6-13)14-7-9-17(25-26(21)22)18(14)12-4-8-15(19)16(20)10-12/h2-6,8,10,17H,7,9H2,1H3/p+1. The highest BCUT2D eigenvalue weighted by atomic mass is 32.2. The van der Waals surface area contributed by atoms with Crippen molar-refractivity contribution in [1.82, 2.24) is 0 Å². The lowest BCUT2D eigenvalue weighted by Gasteiger charge is -2.12. The molecule has 0 aliphatic heterocycles. The summed E-state index contributed by atoms with van der Waals surface area (Å²) in [6.07, 6.45) is 1.21. The smallest absolute Gasteiger partial charge is 0.224 e. The first-order chi connectivity index (χ1) is 12.7. The summed E-state index contributed by atoms with van der Waals surface area (Å²) in [5.74, 6) is -2.03. The maximum atomic E-state index is 13.7. The van der Waals surface area contributed by atoms with E-state index in [-0.39, 0.29) is 4.90 Å². The molecule has 0 fully saturated rings. The van der Waals surface area contributed by atoms with Gasteiger partial charge >= 0.3 is 8.25 Å². The first-order valence-corrected chi connectivity index (χ1v) is 11.0. The average molecular weight is 413 g/mol. The molecule has 1 aliphatic rings. The van der Waals surface area contributed by atoms with E-state index in [1.165, 1.54) is 18.2 Å². The summed E-state index contributed by atoms with van der Waals surface area (Å²) in [5.41, 5.74) is 2.23. The van der Waals surface area contributed by atoms with E-state index >= 15 is 0 Å². The number of sulfone groups is 1. The molecule has 1 N–H and O–H groups in total. The lowest BCUT2D eigenvalue weighted by molar-refractivity contribution is 0.234. The van der Waals surface area contributed by atoms with E-state index in [9.17, 15) is 21.8 Å². The summed E-state index contributed by atoms with van der Waals surface area (Å²) in [4.78, 5) is 9.28. The molecular formula is C18H16F2O5PS+. The predicted molar refractivity (Wildman–Crippen MR) is 96.7 cm³/mol. The molecular weight excluding hydrogens is 397 g/mol. The van der Waals surface area contributed by atoms with Crippen LogP contribution >= 0.6 is 8.25 Å². The van der Waals surface area contributed by atoms with Gasteiger partial charge in [-0.3, -0.25) is 0 Å². The highest BCUT2D eigenvalue weighted by molar-refractivity contribution is 7.90. The monoisotopic (exact) mass is 413 g/mol. The van der Waals surface area contributed by atoms with Crippen LogP contribution < -0.4 is 0 Å². The molecule has 142 valence electrons. The van der Waals surface area contributed by atoms with Crippen LogP contribution in [0.25, 0.3) is 11.1 Å². The van der Waals surface area contributed by atoms with Crippen LogP contribution in [-0.2, 0) is 18.9 Å². The molecule has 2 atom stereocenters. The van der Waals surface area contributed by atoms with E-state index in [4.69, 9.17) is 9.42 Å². The van der Waals surface area contributed by atoms with E-state index < -0.39 is 35.8 Å². The second-order valence-corrected chi connectivity index (χ2v) is 8.89. The van der Waals surface area contributed by atoms with Crippen molar-refractivity contribution in [2.24, 2.45) is 0 Å². The lowest BCUT2D eigenvalue weighted by atomic mass is 9.96. The Morgan fingerprint density at radius 2 is 1.70 bits per heavy atom. The van der Waals surface area contributed by atoms with E-state index in [1.807, 2.05) is 0 Å². The second-order valence-electron chi connectivity index (χ2n) is 6.19. The fourth-order valence-electron chi connectivity index (χ4n) is 3.19. The summed E-state index contributed by atoms with van der Waals surface area (Å²) in [6.45, 7) is 0. The Kier molecular flexibility index (Phi) is 5.53. The van der Waals surface area contributed by atoms with Crippen molar-refractivity contribution < 1.29 is 31.2 Å². The van der Waals surface area contributed by atoms with Gasteiger partial charge in [-0.05, 0) is 59.4 Å². The topological polar surface area (TPSA) is 80.7 Å². The molecule has 0 bridgehead atoms. The van der Waals surface area contributed by atoms with Crippen LogP contribution in [0.15, 0.2) is 47.4 Å². The highest BCUT2D eigenvalue weighted by Gasteiger charge is 2.35. The Bertz CT molecular complexity index is 1030. The Hall–Kier alpha value is -1.99. The van der Waals surface area contributed by atoms with Gasteiger partial charge in [0.1, 0.15) is 6.10 Å². The van der Waals surface area contributed by atoms with Gasteiger partial charge in [0.15, 0.2) is 21.5 Å². The molecule has 2 unspecified atom stereocenters. The number of allylic oxidation sites excluding steroid dienone is 1. The van der Waals surface area contributed by atoms with Crippen LogP contribution in [0.5, 0.6) is 0 Å². The van der Waals surface area contributed by atoms with Gasteiger partial charge in [-0.2, -0.15) is 0 Å². The van der Waals surface area contributed by atoms with Crippen molar-refractivity contribution in [2.75, 3.05) is 6.26 Å². The van der Waals surface area contributed by atoms with E-state index in [0.29, 0.717) is 29.5 Å². The minimum absolute atomic E-state index is 0.158. The van der Waals surface area contributed by atoms with Crippen LogP contribution in [0.2, 0.25) is 0 Å². The van der Waals surface area contributed by atoms with Crippen molar-refractivity contribution in [3.63, 3.8) is 0 Å². The molecule has 2 aromatic rings. The maximum absolute atomic E-state index is 13.7. The van der Waals surface area contributed by atoms with Crippen molar-refractivity contribution in [3.8, 4) is 0 Å². The molecule has 0 saturated heterocycles. The number of rotatable bonds is 5. The summed E-state index contributed by atoms with van der Waals surface area (Å²) < 4.78 is 66.5. The van der Waals surface area contributed by atoms with E-state index in [0.717, 1.165) is 24.0 Å². The van der Waals surface area contributed by atoms with Gasteiger partial charge in [-0.15, -0.1) is 9.42 Å². The maximum Gasteiger partial charge on any atom is 0.695 e. The zero-order valence-electron chi connectivity index (χ0n) is 14.2. The molecule has 0 radical (unpaired) electrons. The van der Waals surface area contributed by atoms with Gasteiger partial charge < -0.3 is 0 Å². The number of hydrogen-bond acceptors (Lipinski definition) is 4. The summed E-state index contributed by atoms with van der Waals surface area (Å²) in [7, 11) is -6.23. The Labute approximate surface area is 156 Å². The largest absolute Gasteiger partial charge is 0.695 e. The van der Waals surface area contributed by atoms with Crippen LogP contribution in [0.3, 0.4) is 0 Å². The van der Waals surface area contributed by atoms with Gasteiger partial charge in [0.25, 0.3) is 0 Å². The van der Waals surface area contributed by atoms with Crippen LogP contribution in [-0.4, -0.2) is 25.7 Å². The molecule has 9 heteroatoms. The van der Waals surface area contributed by atoms with Gasteiger partial charge in [-0.1, -0.05) is 18.2 Å². The minimum Gasteiger partial charge on any atom is -0.224 e. The fraction of sp³-hybridized carbons (Fsp3) is 0.222. The quantitative estimate of drug-likeness (QED) is 0.747. The van der Waals surface area contributed by atoms with Gasteiger partial charge in [-0.25, -0.2) is 17.2 Å². The third-order valence-electron chi connectivity index (χ3n) is 4.38. The van der Waals surface area contributed by atoms with Crippen LogP contribution in [0.4, 0.5) is 8.78 Å². The lowest BCUT2D eigenvalue weighted by Crippen LogP contribution is -2.08. The minimum atomic E-state index is -3.35. The van der Waals surface area contributed by atoms with Gasteiger partial charge in [0.2, 0.25) is 0 Å². The summed E-state index contributed by atoms with van der Waals surface area (Å²) in [6, 6.07) is 9.53. The Balaban J connectivity index is 2.12. The molecule has 27 heavy (non-hydrogen) atoms. The molecule has 2 aromatic carbocycles. The third kappa shape index (κ3) is 4.30. The molecule has 0 saturated carbocycles. The van der Waals surface area contributed by atoms with E-state index in [2.05, 4.69) is 0 Å². The van der Waals surface area contributed by atoms with Gasteiger partial charge in [0.05, 0.1) is 4.90 Å². The molecule has 0 amide bonds. The molecule has 5 nitrogen and oxygen atoms in total. The number of hydrogen-bond donors (Lipinski definition) is 1. The molecule has 0 heterocycles. The van der Waals surface area contributed by atoms with Crippen molar-refractivity contribution in [3.05, 3.63) is 65.2 Å². The fourth-order valence-corrected chi connectivity index (χ4v) is 4.25. The second kappa shape index (κ2) is 7.56. The zero-order valence-corrected chi connectivity index (χ0v) is 15.9. The summed E-state index contributed by atoms with van der Waals surface area (Å²) in [5, 5.41) is 0. The molecule has 0 aromatic heterocycles. The SMILES string of the molecule is CS(=O)(=O)c1ccc(C2=C(c3ccc(F)c(F)c3)C(O[P+](=O)O)CC2)cc1. The molecule has 1 aliphatic carbocycles. The predicted octanol–water partition coefficient (Wildman–Crippen LogP) is 4.11. The first-order valence-electron chi connectivity index (χ1n) is 7.98. The Morgan fingerprint density at radius 3 is 2.26 bits per heavy atom. The highest BCUT2D eigenvalue weighted by Crippen LogP contribution is 2.44. The molecule has 3 rings (SSSR count). The summed E-state index contributed by atoms with van der Waals surface area (Å²) >= 11 is 0. The normalized spacial score (nSPS) is 18.1. The average Bonchev–Trinajstić information content (AvgIpc) is 2.99. The Morgan fingerprint density at radius 1 is 1.07 bits per heavy atom. The first kappa shape index (κ1) is 19.8. The van der Waals surface area contributed by atoms with Crippen molar-refractivity contribution in [2.45, 2.75) is 23.8 Å². The molecule has 0 spiro atoms. The van der Waals surface area contributed by atoms with Crippen LogP contribution in [0.1, 0.15) is 24.0 Å². The van der Waals surface area contributed by atoms with Gasteiger partial charge in [0, 0.05) is 10.8 Å². The number of benzene rings is 2. The third-order valence-corrected chi connectivity index (χ3v) is 5.95. The number of halogens is 2. The zero-order chi connectivity index (χ0) is 19.8. The van der Waals surface area contributed by atoms with Crippen LogP contribution in [0, 0.1) is 11.6 Å². The van der Waals surface area contributed by atoms with E-state index in [1.54, 1.807) is 12.1 Å². The van der Waals surface area contributed by atoms with Crippen molar-refractivity contribution >= 4 is 29.2 Å². The van der Waals surface area contributed by atoms with Crippen molar-refractivity contribution in [1.29, 1.82) is 0 Å².